The molecule has 0 unspecified atom stereocenters. The van der Waals surface area contributed by atoms with Gasteiger partial charge >= 0.3 is 0 Å². The first-order valence-corrected chi connectivity index (χ1v) is 8.37. The number of benzene rings is 2. The molecule has 0 aromatic heterocycles. The van der Waals surface area contributed by atoms with Gasteiger partial charge in [0.1, 0.15) is 6.04 Å². The molecule has 2 aromatic rings. The van der Waals surface area contributed by atoms with E-state index in [1.54, 1.807) is 11.8 Å². The average Bonchev–Trinajstić information content (AvgIpc) is 2.65. The quantitative estimate of drug-likeness (QED) is 0.769. The van der Waals surface area contributed by atoms with Crippen molar-refractivity contribution in [3.05, 3.63) is 71.8 Å². The van der Waals surface area contributed by atoms with Crippen LogP contribution in [0.5, 0.6) is 0 Å². The summed E-state index contributed by atoms with van der Waals surface area (Å²) < 4.78 is 0. The molecule has 0 aliphatic heterocycles. The van der Waals surface area contributed by atoms with Crippen LogP contribution in [-0.4, -0.2) is 41.0 Å². The van der Waals surface area contributed by atoms with Gasteiger partial charge in [-0.1, -0.05) is 60.7 Å². The van der Waals surface area contributed by atoms with Gasteiger partial charge in [0.15, 0.2) is 0 Å². The molecular weight excluding hydrogens is 316 g/mol. The molecule has 2 N–H and O–H groups in total. The molecule has 0 heterocycles. The van der Waals surface area contributed by atoms with Gasteiger partial charge in [0.25, 0.3) is 0 Å². The molecule has 2 aromatic carbocycles. The highest BCUT2D eigenvalue weighted by Crippen LogP contribution is 2.12. The SMILES string of the molecule is C[C@@H](C(=O)NCCO)N(Cc1ccccc1)C(=O)Cc1ccccc1. The second-order valence-corrected chi connectivity index (χ2v) is 5.86. The lowest BCUT2D eigenvalue weighted by Crippen LogP contribution is -2.48. The summed E-state index contributed by atoms with van der Waals surface area (Å²) in [6, 6.07) is 18.5. The summed E-state index contributed by atoms with van der Waals surface area (Å²) in [4.78, 5) is 26.7. The zero-order valence-electron chi connectivity index (χ0n) is 14.4. The monoisotopic (exact) mass is 340 g/mol. The van der Waals surface area contributed by atoms with Crippen LogP contribution in [0.4, 0.5) is 0 Å². The normalized spacial score (nSPS) is 11.6. The number of carbonyl (C=O) groups excluding carboxylic acids is 2. The summed E-state index contributed by atoms with van der Waals surface area (Å²) in [7, 11) is 0. The molecule has 0 fully saturated rings. The molecule has 0 bridgehead atoms. The van der Waals surface area contributed by atoms with E-state index < -0.39 is 6.04 Å². The second-order valence-electron chi connectivity index (χ2n) is 5.86. The molecule has 2 rings (SSSR count). The number of hydrogen-bond donors (Lipinski definition) is 2. The number of aliphatic hydroxyl groups excluding tert-OH is 1. The zero-order chi connectivity index (χ0) is 18.1. The van der Waals surface area contributed by atoms with Crippen LogP contribution in [0, 0.1) is 0 Å². The first kappa shape index (κ1) is 18.7. The summed E-state index contributed by atoms with van der Waals surface area (Å²) in [5.74, 6) is -0.381. The zero-order valence-corrected chi connectivity index (χ0v) is 14.4. The van der Waals surface area contributed by atoms with E-state index in [9.17, 15) is 9.59 Å². The van der Waals surface area contributed by atoms with Crippen molar-refractivity contribution in [3.63, 3.8) is 0 Å². The van der Waals surface area contributed by atoms with E-state index in [2.05, 4.69) is 5.32 Å². The minimum absolute atomic E-state index is 0.110. The Balaban J connectivity index is 2.15. The Morgan fingerprint density at radius 3 is 2.12 bits per heavy atom. The molecule has 5 nitrogen and oxygen atoms in total. The minimum Gasteiger partial charge on any atom is -0.395 e. The largest absolute Gasteiger partial charge is 0.395 e. The van der Waals surface area contributed by atoms with Gasteiger partial charge in [-0.25, -0.2) is 0 Å². The van der Waals surface area contributed by atoms with E-state index >= 15 is 0 Å². The molecule has 0 saturated heterocycles. The number of nitrogens with zero attached hydrogens (tertiary/aromatic N) is 1. The molecule has 5 heteroatoms. The smallest absolute Gasteiger partial charge is 0.242 e. The Morgan fingerprint density at radius 1 is 1.00 bits per heavy atom. The Labute approximate surface area is 148 Å². The summed E-state index contributed by atoms with van der Waals surface area (Å²) in [6.07, 6.45) is 0.241. The number of hydrogen-bond acceptors (Lipinski definition) is 3. The van der Waals surface area contributed by atoms with Crippen LogP contribution in [0.2, 0.25) is 0 Å². The fourth-order valence-electron chi connectivity index (χ4n) is 2.56. The molecule has 1 atom stereocenters. The maximum absolute atomic E-state index is 12.8. The van der Waals surface area contributed by atoms with Crippen molar-refractivity contribution < 1.29 is 14.7 Å². The molecule has 2 amide bonds. The number of amides is 2. The van der Waals surface area contributed by atoms with Crippen molar-refractivity contribution in [3.8, 4) is 0 Å². The number of nitrogens with one attached hydrogen (secondary N) is 1. The van der Waals surface area contributed by atoms with Crippen LogP contribution in [0.15, 0.2) is 60.7 Å². The van der Waals surface area contributed by atoms with E-state index in [0.717, 1.165) is 11.1 Å². The predicted octanol–water partition coefficient (Wildman–Crippen LogP) is 1.75. The van der Waals surface area contributed by atoms with Crippen LogP contribution in [0.25, 0.3) is 0 Å². The maximum atomic E-state index is 12.8. The standard InChI is InChI=1S/C20H24N2O3/c1-16(20(25)21-12-13-23)22(15-18-10-6-3-7-11-18)19(24)14-17-8-4-2-5-9-17/h2-11,16,23H,12-15H2,1H3,(H,21,25)/t16-/m0/s1. The van der Waals surface area contributed by atoms with Gasteiger partial charge < -0.3 is 15.3 Å². The highest BCUT2D eigenvalue weighted by Gasteiger charge is 2.25. The van der Waals surface area contributed by atoms with E-state index in [0.29, 0.717) is 6.54 Å². The van der Waals surface area contributed by atoms with Crippen LogP contribution >= 0.6 is 0 Å². The van der Waals surface area contributed by atoms with Crippen molar-refractivity contribution >= 4 is 11.8 Å². The fraction of sp³-hybridized carbons (Fsp3) is 0.300. The van der Waals surface area contributed by atoms with Crippen LogP contribution in [-0.2, 0) is 22.6 Å². The van der Waals surface area contributed by atoms with Gasteiger partial charge in [-0.15, -0.1) is 0 Å². The summed E-state index contributed by atoms with van der Waals surface area (Å²) in [5.41, 5.74) is 1.87. The van der Waals surface area contributed by atoms with Gasteiger partial charge in [-0.3, -0.25) is 9.59 Å². The summed E-state index contributed by atoms with van der Waals surface area (Å²) in [6.45, 7) is 2.11. The molecule has 0 saturated carbocycles. The van der Waals surface area contributed by atoms with Crippen LogP contribution in [0.1, 0.15) is 18.1 Å². The van der Waals surface area contributed by atoms with Crippen molar-refractivity contribution in [2.45, 2.75) is 25.9 Å². The lowest BCUT2D eigenvalue weighted by atomic mass is 10.1. The Bertz CT molecular complexity index is 674. The van der Waals surface area contributed by atoms with Crippen molar-refractivity contribution in [2.24, 2.45) is 0 Å². The molecule has 0 radical (unpaired) electrons. The Morgan fingerprint density at radius 2 is 1.56 bits per heavy atom. The third kappa shape index (κ3) is 5.72. The predicted molar refractivity (Wildman–Crippen MR) is 96.7 cm³/mol. The molecule has 132 valence electrons. The van der Waals surface area contributed by atoms with Crippen molar-refractivity contribution in [1.82, 2.24) is 10.2 Å². The highest BCUT2D eigenvalue weighted by molar-refractivity contribution is 5.88. The van der Waals surface area contributed by atoms with Crippen molar-refractivity contribution in [1.29, 1.82) is 0 Å². The van der Waals surface area contributed by atoms with Gasteiger partial charge in [0.05, 0.1) is 13.0 Å². The van der Waals surface area contributed by atoms with Gasteiger partial charge in [-0.05, 0) is 18.1 Å². The third-order valence-corrected chi connectivity index (χ3v) is 3.97. The fourth-order valence-corrected chi connectivity index (χ4v) is 2.56. The average molecular weight is 340 g/mol. The van der Waals surface area contributed by atoms with Gasteiger partial charge in [0.2, 0.25) is 11.8 Å². The molecule has 0 spiro atoms. The molecule has 0 aliphatic rings. The van der Waals surface area contributed by atoms with E-state index in [4.69, 9.17) is 5.11 Å². The van der Waals surface area contributed by atoms with Crippen LogP contribution < -0.4 is 5.32 Å². The highest BCUT2D eigenvalue weighted by atomic mass is 16.3. The molecule has 0 aliphatic carbocycles. The first-order chi connectivity index (χ1) is 12.1. The van der Waals surface area contributed by atoms with E-state index in [1.807, 2.05) is 60.7 Å². The second kappa shape index (κ2) is 9.59. The number of aliphatic hydroxyl groups is 1. The van der Waals surface area contributed by atoms with Crippen molar-refractivity contribution in [2.75, 3.05) is 13.2 Å². The number of carbonyl (C=O) groups is 2. The summed E-state index contributed by atoms with van der Waals surface area (Å²) >= 11 is 0. The Kier molecular flexibility index (Phi) is 7.16. The number of rotatable bonds is 8. The molecule has 25 heavy (non-hydrogen) atoms. The minimum atomic E-state index is -0.622. The third-order valence-electron chi connectivity index (χ3n) is 3.97. The van der Waals surface area contributed by atoms with Gasteiger partial charge in [-0.2, -0.15) is 0 Å². The van der Waals surface area contributed by atoms with Gasteiger partial charge in [0, 0.05) is 13.1 Å². The lowest BCUT2D eigenvalue weighted by molar-refractivity contribution is -0.140. The topological polar surface area (TPSA) is 69.6 Å². The van der Waals surface area contributed by atoms with E-state index in [-0.39, 0.29) is 31.4 Å². The van der Waals surface area contributed by atoms with E-state index in [1.165, 1.54) is 0 Å². The Hall–Kier alpha value is -2.66. The van der Waals surface area contributed by atoms with Crippen LogP contribution in [0.3, 0.4) is 0 Å². The maximum Gasteiger partial charge on any atom is 0.242 e. The summed E-state index contributed by atoms with van der Waals surface area (Å²) in [5, 5.41) is 11.5. The first-order valence-electron chi connectivity index (χ1n) is 8.37. The molecular formula is C20H24N2O3. The lowest BCUT2D eigenvalue weighted by Gasteiger charge is -2.29.